The number of hydrogen-bond donors (Lipinski definition) is 7. The van der Waals surface area contributed by atoms with Gasteiger partial charge in [0.05, 0.1) is 6.61 Å². The average Bonchev–Trinajstić information content (AvgIpc) is 2.38. The van der Waals surface area contributed by atoms with Crippen molar-refractivity contribution >= 4 is 5.91 Å². The molecule has 0 saturated heterocycles. The number of phenolic OH excluding ortho intramolecular Hbond substituents is 3. The second-order valence-electron chi connectivity index (χ2n) is 3.57. The van der Waals surface area contributed by atoms with E-state index in [4.69, 9.17) is 16.1 Å². The molecule has 1 atom stereocenters. The minimum absolute atomic E-state index is 0.00167. The number of aliphatic hydroxyl groups excluding tert-OH is 1. The molecule has 18 heavy (non-hydrogen) atoms. The third-order valence-electron chi connectivity index (χ3n) is 2.39. The van der Waals surface area contributed by atoms with Gasteiger partial charge in [-0.25, -0.2) is 5.84 Å². The van der Waals surface area contributed by atoms with Crippen LogP contribution in [0.5, 0.6) is 17.2 Å². The van der Waals surface area contributed by atoms with E-state index in [0.717, 1.165) is 0 Å². The fourth-order valence-corrected chi connectivity index (χ4v) is 1.33. The van der Waals surface area contributed by atoms with Crippen molar-refractivity contribution in [1.29, 1.82) is 0 Å². The molecular formula is C10H15N3O5. The molecule has 1 aromatic carbocycles. The molecule has 8 nitrogen and oxygen atoms in total. The average molecular weight is 257 g/mol. The van der Waals surface area contributed by atoms with Crippen molar-refractivity contribution in [2.24, 2.45) is 5.84 Å². The fraction of sp³-hybridized carbons (Fsp3) is 0.300. The number of aliphatic hydroxyl groups is 1. The number of carbonyl (C=O) groups excluding carboxylic acids is 1. The lowest BCUT2D eigenvalue weighted by molar-refractivity contribution is -0.124. The van der Waals surface area contributed by atoms with Crippen LogP contribution in [0.3, 0.4) is 0 Å². The number of hydrogen-bond acceptors (Lipinski definition) is 7. The lowest BCUT2D eigenvalue weighted by atomic mass is 10.1. The number of amides is 1. The zero-order valence-corrected chi connectivity index (χ0v) is 9.42. The van der Waals surface area contributed by atoms with Gasteiger partial charge in [0.15, 0.2) is 11.5 Å². The number of hydrazine groups is 1. The molecule has 0 fully saturated rings. The van der Waals surface area contributed by atoms with Crippen molar-refractivity contribution in [2.45, 2.75) is 12.6 Å². The van der Waals surface area contributed by atoms with Gasteiger partial charge in [-0.3, -0.25) is 15.5 Å². The van der Waals surface area contributed by atoms with Gasteiger partial charge in [0.1, 0.15) is 6.04 Å². The molecule has 0 saturated carbocycles. The van der Waals surface area contributed by atoms with Crippen LogP contribution in [0.1, 0.15) is 5.56 Å². The number of nitrogens with two attached hydrogens (primary N) is 1. The summed E-state index contributed by atoms with van der Waals surface area (Å²) < 4.78 is 0. The Bertz CT molecular complexity index is 438. The van der Waals surface area contributed by atoms with E-state index in [-0.39, 0.29) is 12.1 Å². The van der Waals surface area contributed by atoms with Crippen LogP contribution in [0.4, 0.5) is 0 Å². The van der Waals surface area contributed by atoms with E-state index in [0.29, 0.717) is 0 Å². The molecule has 100 valence electrons. The minimum Gasteiger partial charge on any atom is -0.504 e. The number of phenols is 3. The highest BCUT2D eigenvalue weighted by Gasteiger charge is 2.17. The minimum atomic E-state index is -0.939. The van der Waals surface area contributed by atoms with Crippen molar-refractivity contribution in [3.05, 3.63) is 17.7 Å². The Kier molecular flexibility index (Phi) is 4.72. The molecule has 1 rings (SSSR count). The van der Waals surface area contributed by atoms with Gasteiger partial charge in [0, 0.05) is 12.1 Å². The standard InChI is InChI=1S/C10H15N3O5/c11-13-10(18)6(4-14)12-3-5-1-2-7(15)9(17)8(5)16/h1-2,6,12,14-17H,3-4,11H2,(H,13,18). The maximum Gasteiger partial charge on any atom is 0.253 e. The van der Waals surface area contributed by atoms with Gasteiger partial charge in [-0.15, -0.1) is 0 Å². The number of rotatable bonds is 5. The van der Waals surface area contributed by atoms with E-state index in [2.05, 4.69) is 5.32 Å². The van der Waals surface area contributed by atoms with Gasteiger partial charge < -0.3 is 20.4 Å². The van der Waals surface area contributed by atoms with Crippen LogP contribution < -0.4 is 16.6 Å². The molecule has 0 spiro atoms. The summed E-state index contributed by atoms with van der Waals surface area (Å²) in [5, 5.41) is 39.5. The van der Waals surface area contributed by atoms with E-state index in [1.807, 2.05) is 5.43 Å². The Labute approximate surface area is 103 Å². The van der Waals surface area contributed by atoms with Crippen molar-refractivity contribution in [3.63, 3.8) is 0 Å². The lowest BCUT2D eigenvalue weighted by Crippen LogP contribution is -2.48. The normalized spacial score (nSPS) is 12.1. The summed E-state index contributed by atoms with van der Waals surface area (Å²) in [6, 6.07) is 1.63. The maximum atomic E-state index is 11.2. The van der Waals surface area contributed by atoms with Gasteiger partial charge in [-0.05, 0) is 6.07 Å². The SMILES string of the molecule is NNC(=O)C(CO)NCc1ccc(O)c(O)c1O. The molecule has 1 unspecified atom stereocenters. The Balaban J connectivity index is 2.74. The van der Waals surface area contributed by atoms with Gasteiger partial charge in [-0.2, -0.15) is 0 Å². The van der Waals surface area contributed by atoms with Crippen LogP contribution >= 0.6 is 0 Å². The highest BCUT2D eigenvalue weighted by Crippen LogP contribution is 2.36. The third-order valence-corrected chi connectivity index (χ3v) is 2.39. The van der Waals surface area contributed by atoms with Gasteiger partial charge in [0.2, 0.25) is 5.75 Å². The van der Waals surface area contributed by atoms with Crippen LogP contribution in [0, 0.1) is 0 Å². The molecule has 0 bridgehead atoms. The van der Waals surface area contributed by atoms with Crippen LogP contribution in [0.15, 0.2) is 12.1 Å². The maximum absolute atomic E-state index is 11.2. The summed E-state index contributed by atoms with van der Waals surface area (Å²) in [4.78, 5) is 11.2. The van der Waals surface area contributed by atoms with E-state index < -0.39 is 35.8 Å². The van der Waals surface area contributed by atoms with Crippen LogP contribution in [0.25, 0.3) is 0 Å². The first kappa shape index (κ1) is 14.0. The van der Waals surface area contributed by atoms with E-state index in [1.165, 1.54) is 12.1 Å². The van der Waals surface area contributed by atoms with Crippen molar-refractivity contribution in [3.8, 4) is 17.2 Å². The molecule has 0 heterocycles. The van der Waals surface area contributed by atoms with E-state index in [1.54, 1.807) is 0 Å². The Morgan fingerprint density at radius 2 is 1.94 bits per heavy atom. The highest BCUT2D eigenvalue weighted by atomic mass is 16.3. The zero-order chi connectivity index (χ0) is 13.7. The fourth-order valence-electron chi connectivity index (χ4n) is 1.33. The van der Waals surface area contributed by atoms with Gasteiger partial charge >= 0.3 is 0 Å². The molecule has 8 N–H and O–H groups in total. The predicted molar refractivity (Wildman–Crippen MR) is 61.5 cm³/mol. The Morgan fingerprint density at radius 1 is 1.28 bits per heavy atom. The largest absolute Gasteiger partial charge is 0.504 e. The summed E-state index contributed by atoms with van der Waals surface area (Å²) in [6.45, 7) is -0.480. The number of carbonyl (C=O) groups is 1. The summed E-state index contributed by atoms with van der Waals surface area (Å²) in [7, 11) is 0. The molecule has 1 aromatic rings. The summed E-state index contributed by atoms with van der Waals surface area (Å²) in [5.41, 5.74) is 2.13. The first-order valence-corrected chi connectivity index (χ1v) is 5.08. The topological polar surface area (TPSA) is 148 Å². The molecule has 1 amide bonds. The molecule has 0 aliphatic rings. The number of nitrogens with one attached hydrogen (secondary N) is 2. The predicted octanol–water partition coefficient (Wildman–Crippen LogP) is -1.76. The summed E-state index contributed by atoms with van der Waals surface area (Å²) in [6.07, 6.45) is 0. The molecule has 0 radical (unpaired) electrons. The monoisotopic (exact) mass is 257 g/mol. The smallest absolute Gasteiger partial charge is 0.253 e. The highest BCUT2D eigenvalue weighted by molar-refractivity contribution is 5.81. The molecule has 8 heteroatoms. The van der Waals surface area contributed by atoms with Crippen LogP contribution in [0.2, 0.25) is 0 Å². The van der Waals surface area contributed by atoms with Gasteiger partial charge in [-0.1, -0.05) is 6.07 Å². The number of benzene rings is 1. The molecule has 0 aromatic heterocycles. The van der Waals surface area contributed by atoms with Crippen molar-refractivity contribution in [2.75, 3.05) is 6.61 Å². The Hall–Kier alpha value is -2.03. The molecular weight excluding hydrogens is 242 g/mol. The lowest BCUT2D eigenvalue weighted by Gasteiger charge is -2.15. The second kappa shape index (κ2) is 6.05. The molecule has 0 aliphatic heterocycles. The van der Waals surface area contributed by atoms with E-state index in [9.17, 15) is 15.0 Å². The van der Waals surface area contributed by atoms with E-state index >= 15 is 0 Å². The van der Waals surface area contributed by atoms with Crippen LogP contribution in [-0.2, 0) is 11.3 Å². The second-order valence-corrected chi connectivity index (χ2v) is 3.57. The summed E-state index contributed by atoms with van der Waals surface area (Å²) in [5.74, 6) is 2.72. The number of aromatic hydroxyl groups is 3. The van der Waals surface area contributed by atoms with Crippen LogP contribution in [-0.4, -0.2) is 39.0 Å². The summed E-state index contributed by atoms with van der Waals surface area (Å²) >= 11 is 0. The van der Waals surface area contributed by atoms with Crippen molar-refractivity contribution < 1.29 is 25.2 Å². The first-order valence-electron chi connectivity index (χ1n) is 5.08. The van der Waals surface area contributed by atoms with Gasteiger partial charge in [0.25, 0.3) is 5.91 Å². The zero-order valence-electron chi connectivity index (χ0n) is 9.42. The first-order chi connectivity index (χ1) is 8.51. The Morgan fingerprint density at radius 3 is 2.50 bits per heavy atom. The van der Waals surface area contributed by atoms with Crippen molar-refractivity contribution in [1.82, 2.24) is 10.7 Å². The quantitative estimate of drug-likeness (QED) is 0.143. The third kappa shape index (κ3) is 3.00. The molecule has 0 aliphatic carbocycles.